The molecular formula is C21H24N5O2S-. The fourth-order valence-electron chi connectivity index (χ4n) is 3.08. The zero-order chi connectivity index (χ0) is 21.1. The predicted molar refractivity (Wildman–Crippen MR) is 114 cm³/mol. The van der Waals surface area contributed by atoms with Gasteiger partial charge in [-0.15, -0.1) is 5.10 Å². The number of thioether (sulfide) groups is 1. The molecule has 29 heavy (non-hydrogen) atoms. The fraction of sp³-hybridized carbons (Fsp3) is 0.286. The summed E-state index contributed by atoms with van der Waals surface area (Å²) in [5.41, 5.74) is 4.92. The van der Waals surface area contributed by atoms with Gasteiger partial charge in [-0.25, -0.2) is 4.98 Å². The van der Waals surface area contributed by atoms with Crippen molar-refractivity contribution in [2.45, 2.75) is 32.3 Å². The fourth-order valence-corrected chi connectivity index (χ4v) is 3.80. The number of nitrogens with zero attached hydrogens (tertiary/aromatic N) is 4. The number of hydrogen-bond acceptors (Lipinski definition) is 6. The largest absolute Gasteiger partial charge is 0.544 e. The van der Waals surface area contributed by atoms with Gasteiger partial charge in [0.05, 0.1) is 5.97 Å². The molecule has 0 unspecified atom stereocenters. The first-order valence-corrected chi connectivity index (χ1v) is 10.1. The Morgan fingerprint density at radius 2 is 1.97 bits per heavy atom. The number of hydrogen-bond donors (Lipinski definition) is 1. The second-order valence-electron chi connectivity index (χ2n) is 6.89. The number of aryl methyl sites for hydroxylation is 2. The third-order valence-electron chi connectivity index (χ3n) is 4.63. The van der Waals surface area contributed by atoms with Gasteiger partial charge in [0.25, 0.3) is 0 Å². The number of aromatic nitrogens is 4. The van der Waals surface area contributed by atoms with Gasteiger partial charge in [-0.3, -0.25) is 5.10 Å². The summed E-state index contributed by atoms with van der Waals surface area (Å²) in [6.45, 7) is 5.92. The van der Waals surface area contributed by atoms with Gasteiger partial charge < -0.3 is 19.4 Å². The van der Waals surface area contributed by atoms with E-state index in [4.69, 9.17) is 0 Å². The zero-order valence-corrected chi connectivity index (χ0v) is 18.0. The van der Waals surface area contributed by atoms with Gasteiger partial charge >= 0.3 is 0 Å². The van der Waals surface area contributed by atoms with Gasteiger partial charge in [-0.05, 0) is 67.6 Å². The van der Waals surface area contributed by atoms with Gasteiger partial charge in [-0.1, -0.05) is 6.92 Å². The second-order valence-corrected chi connectivity index (χ2v) is 7.90. The second kappa shape index (κ2) is 8.57. The predicted octanol–water partition coefficient (Wildman–Crippen LogP) is 2.72. The van der Waals surface area contributed by atoms with E-state index in [2.05, 4.69) is 44.0 Å². The minimum atomic E-state index is -1.25. The van der Waals surface area contributed by atoms with Crippen molar-refractivity contribution in [1.82, 2.24) is 19.7 Å². The Morgan fingerprint density at radius 3 is 2.52 bits per heavy atom. The number of aromatic amines is 1. The van der Waals surface area contributed by atoms with Crippen LogP contribution < -0.4 is 10.0 Å². The number of carboxylic acids is 1. The molecule has 7 nitrogen and oxygen atoms in total. The Hall–Kier alpha value is -3.00. The number of benzene rings is 1. The molecular weight excluding hydrogens is 386 g/mol. The molecule has 0 saturated carbocycles. The van der Waals surface area contributed by atoms with Crippen molar-refractivity contribution in [3.8, 4) is 5.69 Å². The highest BCUT2D eigenvalue weighted by molar-refractivity contribution is 8.04. The molecule has 8 heteroatoms. The van der Waals surface area contributed by atoms with Crippen LogP contribution in [0.1, 0.15) is 29.7 Å². The van der Waals surface area contributed by atoms with Crippen LogP contribution in [0.15, 0.2) is 40.4 Å². The maximum Gasteiger partial charge on any atom is 0.213 e. The van der Waals surface area contributed by atoms with Crippen molar-refractivity contribution in [2.24, 2.45) is 0 Å². The molecule has 0 aliphatic heterocycles. The van der Waals surface area contributed by atoms with Crippen LogP contribution in [0.2, 0.25) is 0 Å². The van der Waals surface area contributed by atoms with Crippen LogP contribution in [0.5, 0.6) is 0 Å². The Balaban J connectivity index is 1.95. The molecule has 0 aliphatic carbocycles. The minimum absolute atomic E-state index is 0.0647. The molecule has 0 aliphatic rings. The first-order chi connectivity index (χ1) is 13.8. The number of carboxylic acid groups (broad SMARTS) is 1. The van der Waals surface area contributed by atoms with Crippen molar-refractivity contribution >= 4 is 29.5 Å². The van der Waals surface area contributed by atoms with E-state index in [0.29, 0.717) is 17.4 Å². The summed E-state index contributed by atoms with van der Waals surface area (Å²) in [7, 11) is 4.00. The summed E-state index contributed by atoms with van der Waals surface area (Å²) in [4.78, 5) is 18.1. The third kappa shape index (κ3) is 4.54. The van der Waals surface area contributed by atoms with Crippen LogP contribution in [0.25, 0.3) is 11.8 Å². The number of carbonyl (C=O) groups excluding carboxylic acids is 1. The van der Waals surface area contributed by atoms with Gasteiger partial charge in [0.15, 0.2) is 0 Å². The quantitative estimate of drug-likeness (QED) is 0.476. The average Bonchev–Trinajstić information content (AvgIpc) is 3.25. The van der Waals surface area contributed by atoms with Gasteiger partial charge in [0.1, 0.15) is 5.82 Å². The van der Waals surface area contributed by atoms with Crippen molar-refractivity contribution in [3.63, 3.8) is 0 Å². The van der Waals surface area contributed by atoms with Crippen molar-refractivity contribution < 1.29 is 9.90 Å². The normalized spacial score (nSPS) is 11.7. The Bertz CT molecular complexity index is 1050. The van der Waals surface area contributed by atoms with E-state index >= 15 is 0 Å². The van der Waals surface area contributed by atoms with Crippen molar-refractivity contribution in [2.75, 3.05) is 19.0 Å². The van der Waals surface area contributed by atoms with Crippen molar-refractivity contribution in [1.29, 1.82) is 0 Å². The summed E-state index contributed by atoms with van der Waals surface area (Å²) in [5, 5.41) is 18.9. The maximum atomic E-state index is 11.7. The van der Waals surface area contributed by atoms with E-state index in [1.807, 2.05) is 45.8 Å². The topological polar surface area (TPSA) is 89.9 Å². The van der Waals surface area contributed by atoms with Crippen LogP contribution >= 0.6 is 11.8 Å². The lowest BCUT2D eigenvalue weighted by molar-refractivity contribution is -0.297. The van der Waals surface area contributed by atoms with Crippen LogP contribution in [-0.4, -0.2) is 39.8 Å². The third-order valence-corrected chi connectivity index (χ3v) is 5.50. The molecule has 1 aromatic carbocycles. The van der Waals surface area contributed by atoms with E-state index < -0.39 is 5.97 Å². The number of anilines is 1. The lowest BCUT2D eigenvalue weighted by atomic mass is 10.2. The van der Waals surface area contributed by atoms with E-state index in [-0.39, 0.29) is 4.91 Å². The lowest BCUT2D eigenvalue weighted by Gasteiger charge is -2.15. The van der Waals surface area contributed by atoms with Crippen LogP contribution in [0.3, 0.4) is 0 Å². The molecule has 1 N–H and O–H groups in total. The summed E-state index contributed by atoms with van der Waals surface area (Å²) in [6.07, 6.45) is 2.32. The summed E-state index contributed by atoms with van der Waals surface area (Å²) in [6, 6.07) is 10.2. The minimum Gasteiger partial charge on any atom is -0.544 e. The first-order valence-electron chi connectivity index (χ1n) is 9.29. The molecule has 0 atom stereocenters. The highest BCUT2D eigenvalue weighted by atomic mass is 32.2. The molecule has 0 radical (unpaired) electrons. The molecule has 3 rings (SSSR count). The van der Waals surface area contributed by atoms with E-state index in [1.165, 1.54) is 0 Å². The average molecular weight is 411 g/mol. The summed E-state index contributed by atoms with van der Waals surface area (Å²) < 4.78 is 2.10. The first kappa shape index (κ1) is 20.7. The molecule has 0 amide bonds. The molecule has 152 valence electrons. The standard InChI is InChI=1S/C21H25N5O2S/c1-6-19-22-21(24-23-19)29-18(20(27)28)12-15-11-13(2)26(14(15)3)17-9-7-16(8-10-17)25(4)5/h7-12H,6H2,1-5H3,(H,27,28)(H,22,23,24)/p-1/b18-12+. The number of nitrogens with one attached hydrogen (secondary N) is 1. The molecule has 2 heterocycles. The van der Waals surface area contributed by atoms with Crippen molar-refractivity contribution in [3.05, 3.63) is 58.0 Å². The molecule has 0 bridgehead atoms. The summed E-state index contributed by atoms with van der Waals surface area (Å²) in [5.74, 6) is -0.539. The number of rotatable bonds is 7. The monoisotopic (exact) mass is 410 g/mol. The van der Waals surface area contributed by atoms with E-state index in [0.717, 1.165) is 40.1 Å². The Labute approximate surface area is 174 Å². The van der Waals surface area contributed by atoms with Crippen LogP contribution in [0, 0.1) is 13.8 Å². The molecule has 0 saturated heterocycles. The van der Waals surface area contributed by atoms with Gasteiger partial charge in [0.2, 0.25) is 5.16 Å². The van der Waals surface area contributed by atoms with Gasteiger partial charge in [0, 0.05) is 48.2 Å². The number of H-pyrrole nitrogens is 1. The maximum absolute atomic E-state index is 11.7. The zero-order valence-electron chi connectivity index (χ0n) is 17.2. The molecule has 3 aromatic rings. The van der Waals surface area contributed by atoms with Gasteiger partial charge in [-0.2, -0.15) is 0 Å². The van der Waals surface area contributed by atoms with Crippen LogP contribution in [0.4, 0.5) is 5.69 Å². The Kier molecular flexibility index (Phi) is 6.12. The smallest absolute Gasteiger partial charge is 0.213 e. The Morgan fingerprint density at radius 1 is 1.28 bits per heavy atom. The van der Waals surface area contributed by atoms with E-state index in [9.17, 15) is 9.90 Å². The SMILES string of the molecule is CCc1nc(S/C(=C/c2cc(C)n(-c3ccc(N(C)C)cc3)c2C)C(=O)[O-])n[nH]1. The number of carbonyl (C=O) groups is 1. The van der Waals surface area contributed by atoms with E-state index in [1.54, 1.807) is 6.08 Å². The number of aliphatic carboxylic acids is 1. The van der Waals surface area contributed by atoms with Crippen LogP contribution in [-0.2, 0) is 11.2 Å². The highest BCUT2D eigenvalue weighted by Crippen LogP contribution is 2.29. The highest BCUT2D eigenvalue weighted by Gasteiger charge is 2.13. The molecule has 0 spiro atoms. The molecule has 0 fully saturated rings. The lowest BCUT2D eigenvalue weighted by Crippen LogP contribution is -2.23. The molecule has 2 aromatic heterocycles. The summed E-state index contributed by atoms with van der Waals surface area (Å²) >= 11 is 0.983.